The highest BCUT2D eigenvalue weighted by Gasteiger charge is 2.04. The molecule has 1 aromatic heterocycles. The molecule has 0 amide bonds. The molecule has 2 aromatic carbocycles. The number of ether oxygens (including phenoxy) is 1. The monoisotopic (exact) mass is 326 g/mol. The normalized spacial score (nSPS) is 10.5. The minimum Gasteiger partial charge on any atom is -0.457 e. The number of H-pyrrole nitrogens is 1. The third kappa shape index (κ3) is 4.20. The predicted octanol–water partition coefficient (Wildman–Crippen LogP) is 4.11. The number of hydrogen-bond acceptors (Lipinski definition) is 3. The number of halogens is 1. The molecule has 3 rings (SSSR count). The van der Waals surface area contributed by atoms with Crippen LogP contribution in [0.1, 0.15) is 16.8 Å². The van der Waals surface area contributed by atoms with Gasteiger partial charge in [0.2, 0.25) is 0 Å². The molecule has 1 heterocycles. The van der Waals surface area contributed by atoms with E-state index in [1.165, 1.54) is 6.07 Å². The Morgan fingerprint density at radius 3 is 2.70 bits per heavy atom. The van der Waals surface area contributed by atoms with Crippen LogP contribution < -0.4 is 10.3 Å². The first-order valence-electron chi connectivity index (χ1n) is 7.17. The molecule has 0 saturated heterocycles. The first-order chi connectivity index (χ1) is 11.1. The van der Waals surface area contributed by atoms with E-state index in [-0.39, 0.29) is 5.56 Å². The van der Waals surface area contributed by atoms with E-state index in [0.29, 0.717) is 17.2 Å². The van der Waals surface area contributed by atoms with Crippen LogP contribution in [-0.4, -0.2) is 10.2 Å². The molecule has 0 aliphatic carbocycles. The zero-order valence-corrected chi connectivity index (χ0v) is 13.3. The quantitative estimate of drug-likeness (QED) is 0.784. The minimum absolute atomic E-state index is 0.206. The Hall–Kier alpha value is -2.59. The van der Waals surface area contributed by atoms with Crippen LogP contribution in [0.25, 0.3) is 0 Å². The van der Waals surface area contributed by atoms with Crippen LogP contribution in [0, 0.1) is 6.92 Å². The minimum atomic E-state index is -0.206. The summed E-state index contributed by atoms with van der Waals surface area (Å²) >= 11 is 5.98. The number of nitrogens with zero attached hydrogens (tertiary/aromatic N) is 1. The first kappa shape index (κ1) is 15.3. The van der Waals surface area contributed by atoms with Crippen LogP contribution in [0.5, 0.6) is 11.5 Å². The molecule has 0 aliphatic heterocycles. The number of aryl methyl sites for hydroxylation is 1. The van der Waals surface area contributed by atoms with Gasteiger partial charge in [-0.2, -0.15) is 5.10 Å². The van der Waals surface area contributed by atoms with Crippen LogP contribution in [0.15, 0.2) is 59.4 Å². The molecule has 0 spiro atoms. The Bertz CT molecular complexity index is 870. The highest BCUT2D eigenvalue weighted by atomic mass is 35.5. The molecular formula is C18H15ClN2O2. The van der Waals surface area contributed by atoms with Crippen molar-refractivity contribution in [2.75, 3.05) is 0 Å². The summed E-state index contributed by atoms with van der Waals surface area (Å²) in [4.78, 5) is 11.1. The van der Waals surface area contributed by atoms with Crippen LogP contribution in [-0.2, 0) is 6.42 Å². The molecule has 23 heavy (non-hydrogen) atoms. The zero-order valence-electron chi connectivity index (χ0n) is 12.5. The SMILES string of the molecule is Cc1cc(Cc2ccc(=O)[nH]n2)cc(Oc2cccc(Cl)c2)c1. The number of aromatic nitrogens is 2. The predicted molar refractivity (Wildman–Crippen MR) is 90.4 cm³/mol. The van der Waals surface area contributed by atoms with Crippen LogP contribution in [0.3, 0.4) is 0 Å². The maximum Gasteiger partial charge on any atom is 0.264 e. The number of benzene rings is 2. The highest BCUT2D eigenvalue weighted by molar-refractivity contribution is 6.30. The fraction of sp³-hybridized carbons (Fsp3) is 0.111. The molecule has 0 fully saturated rings. The third-order valence-electron chi connectivity index (χ3n) is 3.26. The summed E-state index contributed by atoms with van der Waals surface area (Å²) in [5.74, 6) is 1.43. The lowest BCUT2D eigenvalue weighted by Gasteiger charge is -2.09. The molecule has 5 heteroatoms. The van der Waals surface area contributed by atoms with E-state index in [2.05, 4.69) is 16.3 Å². The van der Waals surface area contributed by atoms with Crippen molar-refractivity contribution in [2.45, 2.75) is 13.3 Å². The molecule has 0 radical (unpaired) electrons. The maximum absolute atomic E-state index is 11.1. The molecule has 0 aliphatic rings. The lowest BCUT2D eigenvalue weighted by molar-refractivity contribution is 0.481. The van der Waals surface area contributed by atoms with Gasteiger partial charge in [0, 0.05) is 17.5 Å². The average molecular weight is 327 g/mol. The van der Waals surface area contributed by atoms with Crippen molar-refractivity contribution in [1.29, 1.82) is 0 Å². The Morgan fingerprint density at radius 1 is 1.09 bits per heavy atom. The van der Waals surface area contributed by atoms with Crippen molar-refractivity contribution in [3.63, 3.8) is 0 Å². The lowest BCUT2D eigenvalue weighted by Crippen LogP contribution is -2.07. The Morgan fingerprint density at radius 2 is 1.96 bits per heavy atom. The number of aromatic amines is 1. The lowest BCUT2D eigenvalue weighted by atomic mass is 10.1. The van der Waals surface area contributed by atoms with Crippen molar-refractivity contribution in [2.24, 2.45) is 0 Å². The molecule has 0 unspecified atom stereocenters. The largest absolute Gasteiger partial charge is 0.457 e. The van der Waals surface area contributed by atoms with Crippen molar-refractivity contribution >= 4 is 11.6 Å². The van der Waals surface area contributed by atoms with E-state index >= 15 is 0 Å². The molecule has 0 atom stereocenters. The van der Waals surface area contributed by atoms with E-state index in [0.717, 1.165) is 22.6 Å². The van der Waals surface area contributed by atoms with Crippen molar-refractivity contribution < 1.29 is 4.74 Å². The third-order valence-corrected chi connectivity index (χ3v) is 3.50. The summed E-state index contributed by atoms with van der Waals surface area (Å²) < 4.78 is 5.87. The van der Waals surface area contributed by atoms with E-state index in [1.807, 2.05) is 31.2 Å². The van der Waals surface area contributed by atoms with Crippen LogP contribution in [0.4, 0.5) is 0 Å². The molecule has 3 aromatic rings. The van der Waals surface area contributed by atoms with Crippen molar-refractivity contribution in [3.05, 3.63) is 86.8 Å². The number of nitrogens with one attached hydrogen (secondary N) is 1. The van der Waals surface area contributed by atoms with Gasteiger partial charge in [0.15, 0.2) is 0 Å². The van der Waals surface area contributed by atoms with Gasteiger partial charge < -0.3 is 4.74 Å². The van der Waals surface area contributed by atoms with E-state index in [9.17, 15) is 4.79 Å². The smallest absolute Gasteiger partial charge is 0.264 e. The Labute approximate surface area is 138 Å². The van der Waals surface area contributed by atoms with Gasteiger partial charge in [-0.15, -0.1) is 0 Å². The van der Waals surface area contributed by atoms with Crippen molar-refractivity contribution in [1.82, 2.24) is 10.2 Å². The van der Waals surface area contributed by atoms with Crippen LogP contribution in [0.2, 0.25) is 5.02 Å². The second-order valence-electron chi connectivity index (χ2n) is 5.30. The number of hydrogen-bond donors (Lipinski definition) is 1. The fourth-order valence-corrected chi connectivity index (χ4v) is 2.51. The van der Waals surface area contributed by atoms with Gasteiger partial charge in [0.05, 0.1) is 5.69 Å². The van der Waals surface area contributed by atoms with Gasteiger partial charge in [0.1, 0.15) is 11.5 Å². The van der Waals surface area contributed by atoms with E-state index < -0.39 is 0 Å². The maximum atomic E-state index is 11.1. The van der Waals surface area contributed by atoms with E-state index in [1.54, 1.807) is 18.2 Å². The van der Waals surface area contributed by atoms with Gasteiger partial charge >= 0.3 is 0 Å². The zero-order chi connectivity index (χ0) is 16.2. The summed E-state index contributed by atoms with van der Waals surface area (Å²) in [7, 11) is 0. The van der Waals surface area contributed by atoms with Gasteiger partial charge in [-0.1, -0.05) is 23.7 Å². The van der Waals surface area contributed by atoms with Gasteiger partial charge in [-0.3, -0.25) is 4.79 Å². The summed E-state index contributed by atoms with van der Waals surface area (Å²) in [6.07, 6.45) is 0.615. The summed E-state index contributed by atoms with van der Waals surface area (Å²) in [5, 5.41) is 7.11. The standard InChI is InChI=1S/C18H15ClN2O2/c1-12-7-13(9-15-5-6-18(22)21-20-15)10-17(8-12)23-16-4-2-3-14(19)11-16/h2-8,10-11H,9H2,1H3,(H,21,22). The second-order valence-corrected chi connectivity index (χ2v) is 5.74. The summed E-state index contributed by atoms with van der Waals surface area (Å²) in [6, 6.07) is 16.5. The van der Waals surface area contributed by atoms with E-state index in [4.69, 9.17) is 16.3 Å². The van der Waals surface area contributed by atoms with Gasteiger partial charge in [-0.05, 0) is 54.4 Å². The summed E-state index contributed by atoms with van der Waals surface area (Å²) in [5.41, 5.74) is 2.73. The molecule has 116 valence electrons. The highest BCUT2D eigenvalue weighted by Crippen LogP contribution is 2.26. The van der Waals surface area contributed by atoms with Crippen molar-refractivity contribution in [3.8, 4) is 11.5 Å². The fourth-order valence-electron chi connectivity index (χ4n) is 2.33. The van der Waals surface area contributed by atoms with Gasteiger partial charge in [-0.25, -0.2) is 5.10 Å². The van der Waals surface area contributed by atoms with Crippen LogP contribution >= 0.6 is 11.6 Å². The molecule has 4 nitrogen and oxygen atoms in total. The average Bonchev–Trinajstić information content (AvgIpc) is 2.49. The summed E-state index contributed by atoms with van der Waals surface area (Å²) in [6.45, 7) is 2.01. The van der Waals surface area contributed by atoms with Gasteiger partial charge in [0.25, 0.3) is 5.56 Å². The molecular weight excluding hydrogens is 312 g/mol. The topological polar surface area (TPSA) is 55.0 Å². The first-order valence-corrected chi connectivity index (χ1v) is 7.55. The molecule has 0 saturated carbocycles. The second kappa shape index (κ2) is 6.67. The number of rotatable bonds is 4. The molecule has 1 N–H and O–H groups in total. The Kier molecular flexibility index (Phi) is 4.44. The Balaban J connectivity index is 1.84. The molecule has 0 bridgehead atoms.